The van der Waals surface area contributed by atoms with Crippen molar-refractivity contribution >= 4 is 41.3 Å². The van der Waals surface area contributed by atoms with Gasteiger partial charge in [0, 0.05) is 52.0 Å². The molecule has 32 heavy (non-hydrogen) atoms. The number of pyridine rings is 1. The SMILES string of the molecule is CCNC(=NCc1ccc(N2CCN(C)CC2)nc1)N1CC=C(c2ccccc2)CC1.I. The van der Waals surface area contributed by atoms with Crippen LogP contribution < -0.4 is 10.2 Å². The number of aromatic nitrogens is 1. The van der Waals surface area contributed by atoms with Gasteiger partial charge in [0.2, 0.25) is 0 Å². The molecule has 2 aliphatic heterocycles. The molecule has 2 aliphatic rings. The van der Waals surface area contributed by atoms with Crippen LogP contribution in [0.4, 0.5) is 5.82 Å². The first-order chi connectivity index (χ1) is 15.2. The summed E-state index contributed by atoms with van der Waals surface area (Å²) in [7, 11) is 2.17. The van der Waals surface area contributed by atoms with E-state index in [9.17, 15) is 0 Å². The number of likely N-dealkylation sites (N-methyl/N-ethyl adjacent to an activating group) is 1. The van der Waals surface area contributed by atoms with E-state index in [1.54, 1.807) is 0 Å². The number of nitrogens with one attached hydrogen (secondary N) is 1. The molecule has 0 saturated carbocycles. The van der Waals surface area contributed by atoms with E-state index in [0.29, 0.717) is 6.54 Å². The smallest absolute Gasteiger partial charge is 0.194 e. The van der Waals surface area contributed by atoms with Gasteiger partial charge in [0.15, 0.2) is 5.96 Å². The number of guanidine groups is 1. The number of hydrogen-bond acceptors (Lipinski definition) is 4. The molecular weight excluding hydrogens is 511 g/mol. The van der Waals surface area contributed by atoms with Crippen LogP contribution in [0.5, 0.6) is 0 Å². The van der Waals surface area contributed by atoms with Gasteiger partial charge in [0.25, 0.3) is 0 Å². The van der Waals surface area contributed by atoms with Gasteiger partial charge in [-0.1, -0.05) is 42.5 Å². The molecule has 7 heteroatoms. The molecule has 1 fully saturated rings. The number of rotatable bonds is 5. The lowest BCUT2D eigenvalue weighted by atomic mass is 10.00. The van der Waals surface area contributed by atoms with Crippen LogP contribution in [0.1, 0.15) is 24.5 Å². The fourth-order valence-corrected chi connectivity index (χ4v) is 4.10. The van der Waals surface area contributed by atoms with Crippen LogP contribution >= 0.6 is 24.0 Å². The van der Waals surface area contributed by atoms with Crippen molar-refractivity contribution in [1.82, 2.24) is 20.1 Å². The van der Waals surface area contributed by atoms with Crippen molar-refractivity contribution in [2.45, 2.75) is 19.9 Å². The lowest BCUT2D eigenvalue weighted by Gasteiger charge is -2.33. The molecule has 0 aliphatic carbocycles. The Morgan fingerprint density at radius 2 is 1.81 bits per heavy atom. The van der Waals surface area contributed by atoms with Crippen molar-refractivity contribution in [2.24, 2.45) is 4.99 Å². The minimum Gasteiger partial charge on any atom is -0.356 e. The summed E-state index contributed by atoms with van der Waals surface area (Å²) in [5, 5.41) is 3.46. The standard InChI is InChI=1S/C25H34N6.HI/c1-3-26-25(31-13-11-23(12-14-31)22-7-5-4-6-8-22)28-20-21-9-10-24(27-19-21)30-17-15-29(2)16-18-30;/h4-11,19H,3,12-18,20H2,1-2H3,(H,26,28);1H. The van der Waals surface area contributed by atoms with Crippen LogP contribution in [0, 0.1) is 0 Å². The number of anilines is 1. The topological polar surface area (TPSA) is 47.0 Å². The highest BCUT2D eigenvalue weighted by molar-refractivity contribution is 14.0. The summed E-state index contributed by atoms with van der Waals surface area (Å²) in [5.41, 5.74) is 3.90. The monoisotopic (exact) mass is 546 g/mol. The van der Waals surface area contributed by atoms with Crippen LogP contribution in [0.15, 0.2) is 59.7 Å². The maximum atomic E-state index is 4.90. The Balaban J connectivity index is 0.00000289. The second-order valence-electron chi connectivity index (χ2n) is 8.28. The summed E-state index contributed by atoms with van der Waals surface area (Å²) >= 11 is 0. The maximum Gasteiger partial charge on any atom is 0.194 e. The zero-order valence-corrected chi connectivity index (χ0v) is 21.5. The quantitative estimate of drug-likeness (QED) is 0.352. The van der Waals surface area contributed by atoms with Crippen molar-refractivity contribution in [1.29, 1.82) is 0 Å². The molecule has 3 heterocycles. The van der Waals surface area contributed by atoms with E-state index in [1.807, 2.05) is 6.20 Å². The van der Waals surface area contributed by atoms with Crippen LogP contribution in [-0.2, 0) is 6.54 Å². The third kappa shape index (κ3) is 6.45. The summed E-state index contributed by atoms with van der Waals surface area (Å²) in [6.45, 7) is 9.76. The van der Waals surface area contributed by atoms with Gasteiger partial charge in [-0.3, -0.25) is 0 Å². The lowest BCUT2D eigenvalue weighted by molar-refractivity contribution is 0.312. The lowest BCUT2D eigenvalue weighted by Crippen LogP contribution is -2.44. The van der Waals surface area contributed by atoms with Crippen LogP contribution in [0.3, 0.4) is 0 Å². The fourth-order valence-electron chi connectivity index (χ4n) is 4.10. The normalized spacial score (nSPS) is 17.6. The number of halogens is 1. The molecule has 1 N–H and O–H groups in total. The largest absolute Gasteiger partial charge is 0.356 e. The van der Waals surface area contributed by atoms with E-state index in [1.165, 1.54) is 11.1 Å². The highest BCUT2D eigenvalue weighted by Crippen LogP contribution is 2.22. The number of aliphatic imine (C=N–C) groups is 1. The summed E-state index contributed by atoms with van der Waals surface area (Å²) in [5.74, 6) is 2.05. The van der Waals surface area contributed by atoms with E-state index in [0.717, 1.165) is 69.6 Å². The van der Waals surface area contributed by atoms with E-state index >= 15 is 0 Å². The summed E-state index contributed by atoms with van der Waals surface area (Å²) in [6.07, 6.45) is 5.35. The Hall–Kier alpha value is -2.13. The summed E-state index contributed by atoms with van der Waals surface area (Å²) in [6, 6.07) is 15.0. The van der Waals surface area contributed by atoms with Gasteiger partial charge in [0.05, 0.1) is 6.54 Å². The molecule has 0 radical (unpaired) electrons. The predicted octanol–water partition coefficient (Wildman–Crippen LogP) is 3.71. The Labute approximate surface area is 209 Å². The van der Waals surface area contributed by atoms with Gasteiger partial charge in [-0.05, 0) is 43.2 Å². The van der Waals surface area contributed by atoms with Crippen LogP contribution in [0.25, 0.3) is 5.57 Å². The van der Waals surface area contributed by atoms with E-state index in [2.05, 4.69) is 82.5 Å². The van der Waals surface area contributed by atoms with Crippen LogP contribution in [-0.4, -0.2) is 73.6 Å². The van der Waals surface area contributed by atoms with Gasteiger partial charge < -0.3 is 20.0 Å². The minimum atomic E-state index is 0. The zero-order chi connectivity index (χ0) is 21.5. The first kappa shape index (κ1) is 24.5. The molecule has 1 aromatic heterocycles. The zero-order valence-electron chi connectivity index (χ0n) is 19.2. The van der Waals surface area contributed by atoms with Gasteiger partial charge >= 0.3 is 0 Å². The van der Waals surface area contributed by atoms with Crippen LogP contribution in [0.2, 0.25) is 0 Å². The Bertz CT molecular complexity index is 888. The Morgan fingerprint density at radius 3 is 2.44 bits per heavy atom. The molecule has 0 bridgehead atoms. The number of nitrogens with zero attached hydrogens (tertiary/aromatic N) is 5. The number of piperazine rings is 1. The average Bonchev–Trinajstić information content (AvgIpc) is 2.83. The molecule has 4 rings (SSSR count). The molecule has 1 aromatic carbocycles. The molecule has 0 spiro atoms. The molecule has 0 amide bonds. The minimum absolute atomic E-state index is 0. The predicted molar refractivity (Wildman–Crippen MR) is 145 cm³/mol. The first-order valence-electron chi connectivity index (χ1n) is 11.4. The highest BCUT2D eigenvalue weighted by Gasteiger charge is 2.17. The third-order valence-corrected chi connectivity index (χ3v) is 6.04. The summed E-state index contributed by atoms with van der Waals surface area (Å²) < 4.78 is 0. The second-order valence-corrected chi connectivity index (χ2v) is 8.28. The average molecular weight is 547 g/mol. The molecule has 0 unspecified atom stereocenters. The van der Waals surface area contributed by atoms with Crippen molar-refractivity contribution in [3.05, 3.63) is 65.9 Å². The van der Waals surface area contributed by atoms with Crippen molar-refractivity contribution in [2.75, 3.05) is 57.8 Å². The number of benzene rings is 1. The van der Waals surface area contributed by atoms with Crippen molar-refractivity contribution in [3.8, 4) is 0 Å². The molecular formula is C25H35IN6. The third-order valence-electron chi connectivity index (χ3n) is 6.04. The highest BCUT2D eigenvalue weighted by atomic mass is 127. The molecule has 0 atom stereocenters. The van der Waals surface area contributed by atoms with Gasteiger partial charge in [-0.2, -0.15) is 0 Å². The van der Waals surface area contributed by atoms with Gasteiger partial charge in [0.1, 0.15) is 5.82 Å². The molecule has 1 saturated heterocycles. The van der Waals surface area contributed by atoms with Crippen molar-refractivity contribution < 1.29 is 0 Å². The molecule has 2 aromatic rings. The maximum absolute atomic E-state index is 4.90. The second kappa shape index (κ2) is 12.2. The molecule has 172 valence electrons. The van der Waals surface area contributed by atoms with E-state index in [-0.39, 0.29) is 24.0 Å². The first-order valence-corrected chi connectivity index (χ1v) is 11.4. The van der Waals surface area contributed by atoms with E-state index < -0.39 is 0 Å². The van der Waals surface area contributed by atoms with E-state index in [4.69, 9.17) is 9.98 Å². The van der Waals surface area contributed by atoms with Gasteiger partial charge in [-0.25, -0.2) is 9.98 Å². The Morgan fingerprint density at radius 1 is 1.03 bits per heavy atom. The molecule has 6 nitrogen and oxygen atoms in total. The Kier molecular flexibility index (Phi) is 9.35. The number of hydrogen-bond donors (Lipinski definition) is 1. The summed E-state index contributed by atoms with van der Waals surface area (Å²) in [4.78, 5) is 16.7. The van der Waals surface area contributed by atoms with Gasteiger partial charge in [-0.15, -0.1) is 24.0 Å². The fraction of sp³-hybridized carbons (Fsp3) is 0.440. The van der Waals surface area contributed by atoms with Crippen molar-refractivity contribution in [3.63, 3.8) is 0 Å².